The largest absolute Gasteiger partial charge is 0.328 e. The molecule has 0 radical (unpaired) electrons. The van der Waals surface area contributed by atoms with Crippen LogP contribution in [0.3, 0.4) is 0 Å². The first-order valence-electron chi connectivity index (χ1n) is 21.7. The molecule has 0 aromatic heterocycles. The van der Waals surface area contributed by atoms with Crippen molar-refractivity contribution in [2.24, 2.45) is 0 Å². The van der Waals surface area contributed by atoms with Crippen molar-refractivity contribution in [1.29, 1.82) is 0 Å². The summed E-state index contributed by atoms with van der Waals surface area (Å²) in [7, 11) is -2.16. The van der Waals surface area contributed by atoms with E-state index in [0.717, 1.165) is 12.8 Å². The second kappa shape index (κ2) is 42.4. The van der Waals surface area contributed by atoms with Crippen molar-refractivity contribution in [3.05, 3.63) is 0 Å². The highest BCUT2D eigenvalue weighted by Crippen LogP contribution is 2.24. The molecule has 0 aliphatic carbocycles. The van der Waals surface area contributed by atoms with Crippen molar-refractivity contribution in [3.63, 3.8) is 0 Å². The Morgan fingerprint density at radius 2 is 0.532 bits per heavy atom. The first-order chi connectivity index (χ1) is 23.2. The third-order valence-corrected chi connectivity index (χ3v) is 10.6. The zero-order valence-corrected chi connectivity index (χ0v) is 33.4. The SMILES string of the molecule is CCCCCCCCCCCCCCN(CCCCCCCCCCCCCC)CCCCCCCCCCCCCCOP(O)O. The van der Waals surface area contributed by atoms with Crippen LogP contribution in [0.4, 0.5) is 0 Å². The maximum atomic E-state index is 8.75. The summed E-state index contributed by atoms with van der Waals surface area (Å²) in [5.41, 5.74) is 0. The Morgan fingerprint density at radius 3 is 0.766 bits per heavy atom. The smallest absolute Gasteiger partial charge is 0.327 e. The van der Waals surface area contributed by atoms with Crippen molar-refractivity contribution in [1.82, 2.24) is 4.90 Å². The van der Waals surface area contributed by atoms with E-state index in [1.165, 1.54) is 238 Å². The van der Waals surface area contributed by atoms with E-state index in [4.69, 9.17) is 14.3 Å². The van der Waals surface area contributed by atoms with Gasteiger partial charge in [-0.2, -0.15) is 0 Å². The molecule has 5 heteroatoms. The van der Waals surface area contributed by atoms with Crippen LogP contribution in [0.25, 0.3) is 0 Å². The summed E-state index contributed by atoms with van der Waals surface area (Å²) in [6, 6.07) is 0. The monoisotopic (exact) mass is 686 g/mol. The van der Waals surface area contributed by atoms with Crippen molar-refractivity contribution < 1.29 is 14.3 Å². The molecule has 2 N–H and O–H groups in total. The predicted octanol–water partition coefficient (Wildman–Crippen LogP) is 14.6. The fourth-order valence-corrected chi connectivity index (χ4v) is 7.33. The lowest BCUT2D eigenvalue weighted by Crippen LogP contribution is -2.27. The van der Waals surface area contributed by atoms with Crippen LogP contribution >= 0.6 is 8.60 Å². The van der Waals surface area contributed by atoms with Gasteiger partial charge in [0.1, 0.15) is 0 Å². The Morgan fingerprint density at radius 1 is 0.319 bits per heavy atom. The quantitative estimate of drug-likeness (QED) is 0.0496. The topological polar surface area (TPSA) is 52.9 Å². The van der Waals surface area contributed by atoms with Crippen LogP contribution < -0.4 is 0 Å². The van der Waals surface area contributed by atoms with Gasteiger partial charge in [0, 0.05) is 0 Å². The Bertz CT molecular complexity index is 522. The van der Waals surface area contributed by atoms with Crippen molar-refractivity contribution in [2.45, 2.75) is 245 Å². The maximum Gasteiger partial charge on any atom is 0.327 e. The third kappa shape index (κ3) is 42.4. The lowest BCUT2D eigenvalue weighted by Gasteiger charge is -2.22. The third-order valence-electron chi connectivity index (χ3n) is 10.2. The minimum atomic E-state index is -2.16. The summed E-state index contributed by atoms with van der Waals surface area (Å²) in [6.45, 7) is 9.11. The summed E-state index contributed by atoms with van der Waals surface area (Å²) >= 11 is 0. The van der Waals surface area contributed by atoms with Crippen LogP contribution in [0, 0.1) is 0 Å². The van der Waals surface area contributed by atoms with Crippen molar-refractivity contribution in [2.75, 3.05) is 26.2 Å². The van der Waals surface area contributed by atoms with E-state index in [-0.39, 0.29) is 0 Å². The maximum absolute atomic E-state index is 8.75. The average Bonchev–Trinajstić information content (AvgIpc) is 3.06. The fraction of sp³-hybridized carbons (Fsp3) is 1.00. The highest BCUT2D eigenvalue weighted by molar-refractivity contribution is 7.39. The molecule has 0 saturated heterocycles. The Labute approximate surface area is 298 Å². The van der Waals surface area contributed by atoms with Crippen LogP contribution in [0.1, 0.15) is 245 Å². The molecule has 0 aromatic rings. The van der Waals surface area contributed by atoms with Crippen molar-refractivity contribution >= 4 is 8.60 Å². The van der Waals surface area contributed by atoms with E-state index in [1.807, 2.05) is 0 Å². The molecular formula is C42H88NO3P. The predicted molar refractivity (Wildman–Crippen MR) is 211 cm³/mol. The molecule has 47 heavy (non-hydrogen) atoms. The second-order valence-corrected chi connectivity index (χ2v) is 15.7. The van der Waals surface area contributed by atoms with Gasteiger partial charge in [0.05, 0.1) is 6.61 Å². The molecule has 0 aliphatic rings. The van der Waals surface area contributed by atoms with E-state index < -0.39 is 8.60 Å². The fourth-order valence-electron chi connectivity index (χ4n) is 7.04. The molecule has 0 saturated carbocycles. The highest BCUT2D eigenvalue weighted by atomic mass is 31.2. The molecule has 0 unspecified atom stereocenters. The minimum Gasteiger partial charge on any atom is -0.328 e. The first-order valence-corrected chi connectivity index (χ1v) is 22.9. The van der Waals surface area contributed by atoms with E-state index in [1.54, 1.807) is 0 Å². The lowest BCUT2D eigenvalue weighted by atomic mass is 10.0. The van der Waals surface area contributed by atoms with Gasteiger partial charge in [-0.05, 0) is 45.3 Å². The molecule has 0 atom stereocenters. The van der Waals surface area contributed by atoms with Crippen LogP contribution in [-0.2, 0) is 4.52 Å². The van der Waals surface area contributed by atoms with Gasteiger partial charge in [0.2, 0.25) is 0 Å². The van der Waals surface area contributed by atoms with Gasteiger partial charge in [0.15, 0.2) is 0 Å². The van der Waals surface area contributed by atoms with Crippen LogP contribution in [0.2, 0.25) is 0 Å². The second-order valence-electron chi connectivity index (χ2n) is 14.9. The molecule has 0 aliphatic heterocycles. The van der Waals surface area contributed by atoms with Gasteiger partial charge < -0.3 is 19.2 Å². The Hall–Kier alpha value is 0.270. The normalized spacial score (nSPS) is 11.9. The molecule has 0 fully saturated rings. The van der Waals surface area contributed by atoms with E-state index in [9.17, 15) is 0 Å². The van der Waals surface area contributed by atoms with Crippen LogP contribution in [-0.4, -0.2) is 40.9 Å². The summed E-state index contributed by atoms with van der Waals surface area (Å²) in [5.74, 6) is 0. The number of hydrogen-bond acceptors (Lipinski definition) is 4. The molecule has 284 valence electrons. The molecule has 0 amide bonds. The van der Waals surface area contributed by atoms with Crippen LogP contribution in [0.5, 0.6) is 0 Å². The molecular weight excluding hydrogens is 597 g/mol. The van der Waals surface area contributed by atoms with E-state index in [2.05, 4.69) is 18.7 Å². The van der Waals surface area contributed by atoms with Gasteiger partial charge in [-0.15, -0.1) is 0 Å². The Kier molecular flexibility index (Phi) is 42.7. The molecule has 0 aromatic carbocycles. The van der Waals surface area contributed by atoms with Gasteiger partial charge >= 0.3 is 8.60 Å². The van der Waals surface area contributed by atoms with Gasteiger partial charge in [-0.3, -0.25) is 0 Å². The Balaban J connectivity index is 3.90. The van der Waals surface area contributed by atoms with Crippen LogP contribution in [0.15, 0.2) is 0 Å². The zero-order chi connectivity index (χ0) is 34.1. The number of rotatable bonds is 42. The number of unbranched alkanes of at least 4 members (excludes halogenated alkanes) is 33. The lowest BCUT2D eigenvalue weighted by molar-refractivity contribution is 0.248. The zero-order valence-electron chi connectivity index (χ0n) is 32.5. The van der Waals surface area contributed by atoms with Gasteiger partial charge in [0.25, 0.3) is 0 Å². The number of nitrogens with zero attached hydrogens (tertiary/aromatic N) is 1. The summed E-state index contributed by atoms with van der Waals surface area (Å²) < 4.78 is 4.83. The van der Waals surface area contributed by atoms with E-state index >= 15 is 0 Å². The molecule has 4 nitrogen and oxygen atoms in total. The molecule has 0 bridgehead atoms. The summed E-state index contributed by atoms with van der Waals surface area (Å²) in [4.78, 5) is 20.3. The molecule has 0 spiro atoms. The van der Waals surface area contributed by atoms with E-state index in [0.29, 0.717) is 6.61 Å². The minimum absolute atomic E-state index is 0.481. The van der Waals surface area contributed by atoms with Gasteiger partial charge in [-0.1, -0.05) is 219 Å². The summed E-state index contributed by atoms with van der Waals surface area (Å²) in [6.07, 6.45) is 50.5. The first kappa shape index (κ1) is 47.3. The van der Waals surface area contributed by atoms with Crippen molar-refractivity contribution in [3.8, 4) is 0 Å². The molecule has 0 rings (SSSR count). The standard InChI is InChI=1S/C42H88NO3P/c1-3-5-7-9-11-13-15-19-23-27-31-35-39-43(40-36-32-28-24-20-16-14-12-10-8-6-4-2)41-37-33-29-25-21-17-18-22-26-30-34-38-42-46-47(44)45/h44-45H,3-42H2,1-2H3. The summed E-state index contributed by atoms with van der Waals surface area (Å²) in [5, 5.41) is 0. The number of hydrogen-bond donors (Lipinski definition) is 2. The molecule has 0 heterocycles. The average molecular weight is 686 g/mol. The van der Waals surface area contributed by atoms with Gasteiger partial charge in [-0.25, -0.2) is 0 Å². The highest BCUT2D eigenvalue weighted by Gasteiger charge is 2.06.